The van der Waals surface area contributed by atoms with E-state index in [0.29, 0.717) is 16.6 Å². The fourth-order valence-corrected chi connectivity index (χ4v) is 4.98. The number of ether oxygens (including phenoxy) is 3. The molecule has 0 aliphatic rings. The average molecular weight is 435 g/mol. The smallest absolute Gasteiger partial charge is 0.263 e. The summed E-state index contributed by atoms with van der Waals surface area (Å²) in [7, 11) is 0.734. The lowest BCUT2D eigenvalue weighted by Crippen LogP contribution is -2.13. The molecule has 0 fully saturated rings. The summed E-state index contributed by atoms with van der Waals surface area (Å²) in [5.41, 5.74) is 2.60. The first-order chi connectivity index (χ1) is 13.8. The third kappa shape index (κ3) is 4.30. The molecule has 3 rings (SSSR count). The predicted molar refractivity (Wildman–Crippen MR) is 114 cm³/mol. The fraction of sp³-hybridized carbons (Fsp3) is 0.250. The number of rotatable bonds is 7. The number of thiazole rings is 1. The Hall–Kier alpha value is -2.78. The molecule has 3 aromatic rings. The highest BCUT2D eigenvalue weighted by molar-refractivity contribution is 7.93. The molecule has 2 aromatic carbocycles. The zero-order valence-electron chi connectivity index (χ0n) is 16.8. The molecule has 0 atom stereocenters. The number of aromatic nitrogens is 1. The monoisotopic (exact) mass is 434 g/mol. The average Bonchev–Trinajstić information content (AvgIpc) is 3.06. The van der Waals surface area contributed by atoms with Gasteiger partial charge in [0.15, 0.2) is 16.6 Å². The lowest BCUT2D eigenvalue weighted by molar-refractivity contribution is 0.354. The minimum atomic E-state index is -3.83. The van der Waals surface area contributed by atoms with Crippen molar-refractivity contribution >= 4 is 26.5 Å². The van der Waals surface area contributed by atoms with Crippen LogP contribution in [0.25, 0.3) is 11.3 Å². The van der Waals surface area contributed by atoms with Gasteiger partial charge in [0.1, 0.15) is 5.75 Å². The van der Waals surface area contributed by atoms with Gasteiger partial charge in [-0.15, -0.1) is 11.3 Å². The summed E-state index contributed by atoms with van der Waals surface area (Å²) in [5.74, 6) is 1.57. The standard InChI is InChI=1S/C20H22N2O5S2/c1-12-10-14(6-8-16(12)25-3)19-13(2)28-20(21-19)22-29(23,24)15-7-9-17(26-4)18(11-15)27-5/h6-11H,1-5H3,(H,21,22). The van der Waals surface area contributed by atoms with Gasteiger partial charge in [-0.1, -0.05) is 0 Å². The minimum Gasteiger partial charge on any atom is -0.496 e. The van der Waals surface area contributed by atoms with E-state index in [4.69, 9.17) is 14.2 Å². The number of hydrogen-bond donors (Lipinski definition) is 1. The minimum absolute atomic E-state index is 0.0600. The Kier molecular flexibility index (Phi) is 5.99. The number of aryl methyl sites for hydroxylation is 2. The van der Waals surface area contributed by atoms with Gasteiger partial charge in [0.2, 0.25) is 0 Å². The second-order valence-corrected chi connectivity index (χ2v) is 9.12. The molecule has 0 bridgehead atoms. The largest absolute Gasteiger partial charge is 0.496 e. The summed E-state index contributed by atoms with van der Waals surface area (Å²) in [4.78, 5) is 5.46. The summed E-state index contributed by atoms with van der Waals surface area (Å²) < 4.78 is 43.8. The summed E-state index contributed by atoms with van der Waals surface area (Å²) in [6, 6.07) is 10.2. The van der Waals surface area contributed by atoms with Crippen molar-refractivity contribution in [3.8, 4) is 28.5 Å². The van der Waals surface area contributed by atoms with Gasteiger partial charge in [0, 0.05) is 16.5 Å². The van der Waals surface area contributed by atoms with Crippen LogP contribution in [-0.4, -0.2) is 34.7 Å². The zero-order valence-corrected chi connectivity index (χ0v) is 18.4. The Morgan fingerprint density at radius 2 is 1.55 bits per heavy atom. The summed E-state index contributed by atoms with van der Waals surface area (Å²) in [6.07, 6.45) is 0. The molecule has 0 amide bonds. The summed E-state index contributed by atoms with van der Waals surface area (Å²) >= 11 is 1.28. The molecule has 0 spiro atoms. The molecular formula is C20H22N2O5S2. The highest BCUT2D eigenvalue weighted by Crippen LogP contribution is 2.34. The van der Waals surface area contributed by atoms with Crippen LogP contribution in [0.15, 0.2) is 41.3 Å². The number of sulfonamides is 1. The Bertz CT molecular complexity index is 1140. The zero-order chi connectivity index (χ0) is 21.2. The first kappa shape index (κ1) is 20.9. The normalized spacial score (nSPS) is 11.2. The number of nitrogens with zero attached hydrogens (tertiary/aromatic N) is 1. The fourth-order valence-electron chi connectivity index (χ4n) is 2.89. The van der Waals surface area contributed by atoms with Crippen molar-refractivity contribution in [1.82, 2.24) is 4.98 Å². The molecule has 1 heterocycles. The van der Waals surface area contributed by atoms with Crippen LogP contribution in [0.5, 0.6) is 17.2 Å². The topological polar surface area (TPSA) is 86.8 Å². The number of anilines is 1. The maximum atomic E-state index is 12.8. The third-order valence-corrected chi connectivity index (χ3v) is 6.70. The van der Waals surface area contributed by atoms with Crippen molar-refractivity contribution in [3.05, 3.63) is 46.8 Å². The van der Waals surface area contributed by atoms with E-state index in [0.717, 1.165) is 27.4 Å². The molecule has 0 saturated carbocycles. The van der Waals surface area contributed by atoms with E-state index in [1.807, 2.05) is 32.0 Å². The van der Waals surface area contributed by atoms with Gasteiger partial charge >= 0.3 is 0 Å². The van der Waals surface area contributed by atoms with Gasteiger partial charge in [0.05, 0.1) is 31.9 Å². The number of benzene rings is 2. The molecule has 1 N–H and O–H groups in total. The van der Waals surface area contributed by atoms with Gasteiger partial charge in [-0.05, 0) is 49.7 Å². The van der Waals surface area contributed by atoms with Crippen molar-refractivity contribution in [2.45, 2.75) is 18.7 Å². The third-order valence-electron chi connectivity index (χ3n) is 4.35. The molecule has 7 nitrogen and oxygen atoms in total. The molecule has 0 radical (unpaired) electrons. The number of nitrogens with one attached hydrogen (secondary N) is 1. The second kappa shape index (κ2) is 8.30. The molecule has 0 aliphatic heterocycles. The Morgan fingerprint density at radius 3 is 2.17 bits per heavy atom. The van der Waals surface area contributed by atoms with E-state index in [2.05, 4.69) is 9.71 Å². The Balaban J connectivity index is 1.91. The first-order valence-electron chi connectivity index (χ1n) is 8.66. The van der Waals surface area contributed by atoms with E-state index in [-0.39, 0.29) is 4.90 Å². The van der Waals surface area contributed by atoms with Gasteiger partial charge in [-0.25, -0.2) is 13.4 Å². The Morgan fingerprint density at radius 1 is 0.897 bits per heavy atom. The van der Waals surface area contributed by atoms with E-state index < -0.39 is 10.0 Å². The molecule has 154 valence electrons. The molecule has 1 aromatic heterocycles. The highest BCUT2D eigenvalue weighted by Gasteiger charge is 2.20. The first-order valence-corrected chi connectivity index (χ1v) is 11.0. The lowest BCUT2D eigenvalue weighted by atomic mass is 10.1. The Labute approximate surface area is 174 Å². The van der Waals surface area contributed by atoms with Crippen LogP contribution in [0.3, 0.4) is 0 Å². The van der Waals surface area contributed by atoms with E-state index in [1.54, 1.807) is 13.2 Å². The van der Waals surface area contributed by atoms with Crippen LogP contribution in [-0.2, 0) is 10.0 Å². The van der Waals surface area contributed by atoms with Crippen LogP contribution >= 0.6 is 11.3 Å². The van der Waals surface area contributed by atoms with Crippen LogP contribution in [0.2, 0.25) is 0 Å². The lowest BCUT2D eigenvalue weighted by Gasteiger charge is -2.10. The van der Waals surface area contributed by atoms with Crippen LogP contribution in [0, 0.1) is 13.8 Å². The summed E-state index contributed by atoms with van der Waals surface area (Å²) in [5, 5.41) is 0.292. The van der Waals surface area contributed by atoms with Crippen LogP contribution in [0.1, 0.15) is 10.4 Å². The molecule has 0 saturated heterocycles. The van der Waals surface area contributed by atoms with Crippen molar-refractivity contribution in [3.63, 3.8) is 0 Å². The van der Waals surface area contributed by atoms with Crippen molar-refractivity contribution < 1.29 is 22.6 Å². The van der Waals surface area contributed by atoms with Gasteiger partial charge in [-0.3, -0.25) is 4.72 Å². The van der Waals surface area contributed by atoms with Crippen molar-refractivity contribution in [1.29, 1.82) is 0 Å². The van der Waals surface area contributed by atoms with Crippen LogP contribution in [0.4, 0.5) is 5.13 Å². The number of hydrogen-bond acceptors (Lipinski definition) is 7. The van der Waals surface area contributed by atoms with Gasteiger partial charge in [-0.2, -0.15) is 0 Å². The van der Waals surface area contributed by atoms with Crippen molar-refractivity contribution in [2.24, 2.45) is 0 Å². The molecule has 29 heavy (non-hydrogen) atoms. The van der Waals surface area contributed by atoms with Gasteiger partial charge in [0.25, 0.3) is 10.0 Å². The quantitative estimate of drug-likeness (QED) is 0.598. The molecule has 0 aliphatic carbocycles. The molecular weight excluding hydrogens is 412 g/mol. The SMILES string of the molecule is COc1ccc(-c2nc(NS(=O)(=O)c3ccc(OC)c(OC)c3)sc2C)cc1C. The second-order valence-electron chi connectivity index (χ2n) is 6.23. The van der Waals surface area contributed by atoms with Crippen molar-refractivity contribution in [2.75, 3.05) is 26.1 Å². The number of methoxy groups -OCH3 is 3. The molecule has 0 unspecified atom stereocenters. The maximum absolute atomic E-state index is 12.8. The maximum Gasteiger partial charge on any atom is 0.263 e. The van der Waals surface area contributed by atoms with E-state index in [9.17, 15) is 8.42 Å². The van der Waals surface area contributed by atoms with E-state index >= 15 is 0 Å². The summed E-state index contributed by atoms with van der Waals surface area (Å²) in [6.45, 7) is 3.85. The molecule has 9 heteroatoms. The highest BCUT2D eigenvalue weighted by atomic mass is 32.2. The van der Waals surface area contributed by atoms with Gasteiger partial charge < -0.3 is 14.2 Å². The predicted octanol–water partition coefficient (Wildman–Crippen LogP) is 4.25. The van der Waals surface area contributed by atoms with Crippen LogP contribution < -0.4 is 18.9 Å². The van der Waals surface area contributed by atoms with E-state index in [1.165, 1.54) is 37.7 Å².